The third kappa shape index (κ3) is 7.55. The molecule has 2 rings (SSSR count). The number of aromatic nitrogens is 1. The number of hydrogen-bond donors (Lipinski definition) is 4. The van der Waals surface area contributed by atoms with Gasteiger partial charge in [0.05, 0.1) is 16.4 Å². The number of carbonyl (C=O) groups excluding carboxylic acids is 2. The summed E-state index contributed by atoms with van der Waals surface area (Å²) < 4.78 is 0. The highest BCUT2D eigenvalue weighted by molar-refractivity contribution is 8.00. The number of nitrogens with zero attached hydrogens (tertiary/aromatic N) is 2. The first-order chi connectivity index (χ1) is 12.9. The minimum atomic E-state index is -0.505. The molecule has 0 saturated heterocycles. The molecule has 2 amide bonds. The summed E-state index contributed by atoms with van der Waals surface area (Å²) in [6, 6.07) is 5.64. The number of anilines is 2. The standard InChI is InChI=1S/C14H14N6O4S3/c21-11(17-14-15-5-6-27-14)7-26-8-12(22)18-19-13(25)16-9-1-3-10(4-2-9)20(23)24/h1-6H,7-8H2,(H,18,22)(H,15,17,21)(H2,16,19,25). The molecule has 0 aliphatic carbocycles. The Hall–Kier alpha value is -2.77. The lowest BCUT2D eigenvalue weighted by atomic mass is 10.3. The van der Waals surface area contributed by atoms with E-state index in [2.05, 4.69) is 26.5 Å². The zero-order valence-electron chi connectivity index (χ0n) is 13.6. The smallest absolute Gasteiger partial charge is 0.269 e. The van der Waals surface area contributed by atoms with E-state index in [9.17, 15) is 19.7 Å². The van der Waals surface area contributed by atoms with Crippen molar-refractivity contribution in [3.05, 3.63) is 46.0 Å². The van der Waals surface area contributed by atoms with Crippen molar-refractivity contribution >= 4 is 68.7 Å². The molecule has 13 heteroatoms. The second-order valence-corrected chi connectivity index (χ2v) is 7.10. The second kappa shape index (κ2) is 10.4. The summed E-state index contributed by atoms with van der Waals surface area (Å²) in [6.45, 7) is 0. The van der Waals surface area contributed by atoms with Crippen LogP contribution >= 0.6 is 35.3 Å². The predicted molar refractivity (Wildman–Crippen MR) is 109 cm³/mol. The maximum absolute atomic E-state index is 11.7. The molecule has 0 radical (unpaired) electrons. The average molecular weight is 427 g/mol. The van der Waals surface area contributed by atoms with E-state index in [-0.39, 0.29) is 34.1 Å². The highest BCUT2D eigenvalue weighted by atomic mass is 32.2. The molecule has 0 unspecified atom stereocenters. The Bertz CT molecular complexity index is 813. The van der Waals surface area contributed by atoms with E-state index >= 15 is 0 Å². The van der Waals surface area contributed by atoms with Crippen LogP contribution in [0.25, 0.3) is 0 Å². The van der Waals surface area contributed by atoms with Crippen LogP contribution in [0, 0.1) is 10.1 Å². The molecule has 0 saturated carbocycles. The third-order valence-corrected chi connectivity index (χ3v) is 4.62. The van der Waals surface area contributed by atoms with Crippen LogP contribution in [0.2, 0.25) is 0 Å². The zero-order valence-corrected chi connectivity index (χ0v) is 16.1. The van der Waals surface area contributed by atoms with Crippen LogP contribution in [-0.2, 0) is 9.59 Å². The number of nitro benzene ring substituents is 1. The highest BCUT2D eigenvalue weighted by Crippen LogP contribution is 2.15. The van der Waals surface area contributed by atoms with Gasteiger partial charge in [-0.05, 0) is 24.4 Å². The van der Waals surface area contributed by atoms with Gasteiger partial charge in [-0.2, -0.15) is 0 Å². The average Bonchev–Trinajstić information content (AvgIpc) is 3.13. The number of thioether (sulfide) groups is 1. The topological polar surface area (TPSA) is 138 Å². The predicted octanol–water partition coefficient (Wildman–Crippen LogP) is 1.74. The van der Waals surface area contributed by atoms with Crippen LogP contribution in [-0.4, -0.2) is 38.3 Å². The number of hydrogen-bond acceptors (Lipinski definition) is 8. The molecule has 0 aliphatic rings. The number of nitrogens with one attached hydrogen (secondary N) is 4. The molecule has 0 atom stereocenters. The van der Waals surface area contributed by atoms with Gasteiger partial charge < -0.3 is 10.6 Å². The summed E-state index contributed by atoms with van der Waals surface area (Å²) in [5, 5.41) is 18.3. The molecule has 4 N–H and O–H groups in total. The Kier molecular flexibility index (Phi) is 7.91. The fourth-order valence-corrected chi connectivity index (χ4v) is 3.00. The van der Waals surface area contributed by atoms with E-state index in [1.54, 1.807) is 11.6 Å². The van der Waals surface area contributed by atoms with Crippen molar-refractivity contribution in [2.24, 2.45) is 0 Å². The largest absolute Gasteiger partial charge is 0.331 e. The third-order valence-electron chi connectivity index (χ3n) is 2.80. The lowest BCUT2D eigenvalue weighted by molar-refractivity contribution is -0.384. The Balaban J connectivity index is 1.62. The first kappa shape index (κ1) is 20.5. The Morgan fingerprint density at radius 1 is 1.15 bits per heavy atom. The van der Waals surface area contributed by atoms with Gasteiger partial charge in [0.1, 0.15) is 0 Å². The summed E-state index contributed by atoms with van der Waals surface area (Å²) in [6.07, 6.45) is 1.58. The maximum Gasteiger partial charge on any atom is 0.269 e. The van der Waals surface area contributed by atoms with Crippen molar-refractivity contribution in [3.63, 3.8) is 0 Å². The Morgan fingerprint density at radius 3 is 2.48 bits per heavy atom. The summed E-state index contributed by atoms with van der Waals surface area (Å²) in [5.74, 6) is -0.447. The fourth-order valence-electron chi connectivity index (χ4n) is 1.67. The number of carbonyl (C=O) groups is 2. The van der Waals surface area contributed by atoms with Crippen molar-refractivity contribution in [2.75, 3.05) is 22.1 Å². The summed E-state index contributed by atoms with van der Waals surface area (Å²) in [5.41, 5.74) is 5.39. The molecule has 0 spiro atoms. The van der Waals surface area contributed by atoms with E-state index in [4.69, 9.17) is 12.2 Å². The zero-order chi connectivity index (χ0) is 19.6. The monoisotopic (exact) mass is 426 g/mol. The van der Waals surface area contributed by atoms with Crippen molar-refractivity contribution in [2.45, 2.75) is 0 Å². The lowest BCUT2D eigenvalue weighted by Crippen LogP contribution is -2.44. The van der Waals surface area contributed by atoms with E-state index in [0.717, 1.165) is 11.8 Å². The van der Waals surface area contributed by atoms with Gasteiger partial charge in [0, 0.05) is 29.4 Å². The normalized spacial score (nSPS) is 9.93. The summed E-state index contributed by atoms with van der Waals surface area (Å²) >= 11 is 7.46. The molecule has 1 aromatic carbocycles. The summed E-state index contributed by atoms with van der Waals surface area (Å²) in [7, 11) is 0. The minimum Gasteiger partial charge on any atom is -0.331 e. The van der Waals surface area contributed by atoms with Gasteiger partial charge in [0.25, 0.3) is 5.69 Å². The van der Waals surface area contributed by atoms with Gasteiger partial charge in [-0.15, -0.1) is 23.1 Å². The van der Waals surface area contributed by atoms with E-state index in [1.165, 1.54) is 35.6 Å². The van der Waals surface area contributed by atoms with Crippen LogP contribution in [0.5, 0.6) is 0 Å². The lowest BCUT2D eigenvalue weighted by Gasteiger charge is -2.11. The molecule has 1 aromatic heterocycles. The van der Waals surface area contributed by atoms with Crippen LogP contribution in [0.1, 0.15) is 0 Å². The highest BCUT2D eigenvalue weighted by Gasteiger charge is 2.08. The fraction of sp³-hybridized carbons (Fsp3) is 0.143. The first-order valence-corrected chi connectivity index (χ1v) is 9.75. The van der Waals surface area contributed by atoms with Crippen molar-refractivity contribution in [3.8, 4) is 0 Å². The van der Waals surface area contributed by atoms with Crippen molar-refractivity contribution < 1.29 is 14.5 Å². The number of rotatable bonds is 7. The maximum atomic E-state index is 11.7. The molecule has 27 heavy (non-hydrogen) atoms. The second-order valence-electron chi connectivity index (χ2n) is 4.81. The van der Waals surface area contributed by atoms with E-state index in [0.29, 0.717) is 10.8 Å². The molecule has 2 aromatic rings. The van der Waals surface area contributed by atoms with Crippen LogP contribution < -0.4 is 21.5 Å². The molecule has 142 valence electrons. The van der Waals surface area contributed by atoms with Gasteiger partial charge in [-0.1, -0.05) is 0 Å². The van der Waals surface area contributed by atoms with E-state index in [1.807, 2.05) is 0 Å². The van der Waals surface area contributed by atoms with Gasteiger partial charge in [-0.3, -0.25) is 30.6 Å². The van der Waals surface area contributed by atoms with E-state index < -0.39 is 4.92 Å². The van der Waals surface area contributed by atoms with Gasteiger partial charge >= 0.3 is 0 Å². The van der Waals surface area contributed by atoms with Crippen LogP contribution in [0.3, 0.4) is 0 Å². The molecular formula is C14H14N6O4S3. The van der Waals surface area contributed by atoms with Crippen LogP contribution in [0.15, 0.2) is 35.8 Å². The first-order valence-electron chi connectivity index (χ1n) is 7.31. The van der Waals surface area contributed by atoms with Gasteiger partial charge in [-0.25, -0.2) is 4.98 Å². The number of hydrazine groups is 1. The summed E-state index contributed by atoms with van der Waals surface area (Å²) in [4.78, 5) is 37.4. The van der Waals surface area contributed by atoms with Gasteiger partial charge in [0.2, 0.25) is 11.8 Å². The Labute approximate surface area is 167 Å². The number of amides is 2. The van der Waals surface area contributed by atoms with Crippen molar-refractivity contribution in [1.82, 2.24) is 15.8 Å². The SMILES string of the molecule is O=C(CSCC(=O)Nc1nccs1)NNC(=S)Nc1ccc([N+](=O)[O-])cc1. The molecular weight excluding hydrogens is 412 g/mol. The van der Waals surface area contributed by atoms with Gasteiger partial charge in [0.15, 0.2) is 10.2 Å². The number of nitro groups is 1. The minimum absolute atomic E-state index is 0.0383. The van der Waals surface area contributed by atoms with Crippen LogP contribution in [0.4, 0.5) is 16.5 Å². The molecule has 0 bridgehead atoms. The van der Waals surface area contributed by atoms with Crippen molar-refractivity contribution in [1.29, 1.82) is 0 Å². The number of thiazole rings is 1. The molecule has 0 fully saturated rings. The number of benzene rings is 1. The molecule has 1 heterocycles. The molecule has 0 aliphatic heterocycles. The molecule has 10 nitrogen and oxygen atoms in total. The number of non-ortho nitro benzene ring substituents is 1. The quantitative estimate of drug-likeness (QED) is 0.296. The number of thiocarbonyl (C=S) groups is 1. The Morgan fingerprint density at radius 2 is 1.85 bits per heavy atom.